The molecule has 0 spiro atoms. The smallest absolute Gasteiger partial charge is 0.289 e. The average Bonchev–Trinajstić information content (AvgIpc) is 3.63. The number of hydrogen-bond acceptors (Lipinski definition) is 6. The Bertz CT molecular complexity index is 1220. The topological polar surface area (TPSA) is 81.5 Å². The van der Waals surface area contributed by atoms with Crippen LogP contribution in [0.2, 0.25) is 0 Å². The molecule has 3 heterocycles. The van der Waals surface area contributed by atoms with E-state index < -0.39 is 0 Å². The number of hydrogen-bond donors (Lipinski definition) is 0. The zero-order chi connectivity index (χ0) is 25.1. The van der Waals surface area contributed by atoms with E-state index in [2.05, 4.69) is 6.07 Å². The van der Waals surface area contributed by atoms with Crippen molar-refractivity contribution in [2.45, 2.75) is 25.3 Å². The monoisotopic (exact) mass is 490 g/mol. The summed E-state index contributed by atoms with van der Waals surface area (Å²) in [5, 5.41) is 0. The van der Waals surface area contributed by atoms with E-state index in [1.54, 1.807) is 42.3 Å². The van der Waals surface area contributed by atoms with Crippen LogP contribution in [0.25, 0.3) is 0 Å². The fourth-order valence-corrected chi connectivity index (χ4v) is 5.08. The van der Waals surface area contributed by atoms with Crippen molar-refractivity contribution >= 4 is 11.8 Å². The van der Waals surface area contributed by atoms with Gasteiger partial charge < -0.3 is 28.4 Å². The Balaban J connectivity index is 1.31. The predicted molar refractivity (Wildman–Crippen MR) is 132 cm³/mol. The Morgan fingerprint density at radius 1 is 1.06 bits per heavy atom. The van der Waals surface area contributed by atoms with Gasteiger partial charge in [0.1, 0.15) is 5.75 Å². The molecular weight excluding hydrogens is 460 g/mol. The third kappa shape index (κ3) is 4.89. The summed E-state index contributed by atoms with van der Waals surface area (Å²) in [5.41, 5.74) is 1.69. The van der Waals surface area contributed by atoms with E-state index in [-0.39, 0.29) is 30.6 Å². The van der Waals surface area contributed by atoms with Gasteiger partial charge in [0, 0.05) is 31.7 Å². The fraction of sp³-hybridized carbons (Fsp3) is 0.357. The highest BCUT2D eigenvalue weighted by Crippen LogP contribution is 2.34. The molecule has 0 radical (unpaired) electrons. The molecule has 8 nitrogen and oxygen atoms in total. The number of nitrogens with zero attached hydrogens (tertiary/aromatic N) is 2. The molecule has 0 unspecified atom stereocenters. The van der Waals surface area contributed by atoms with Gasteiger partial charge in [0.15, 0.2) is 17.3 Å². The Hall–Kier alpha value is -3.94. The number of rotatable bonds is 7. The highest BCUT2D eigenvalue weighted by Gasteiger charge is 2.34. The van der Waals surface area contributed by atoms with E-state index in [1.807, 2.05) is 30.1 Å². The number of amides is 2. The van der Waals surface area contributed by atoms with Crippen molar-refractivity contribution in [2.75, 3.05) is 34.0 Å². The molecule has 5 rings (SSSR count). The van der Waals surface area contributed by atoms with Crippen LogP contribution in [0.1, 0.15) is 39.3 Å². The summed E-state index contributed by atoms with van der Waals surface area (Å²) < 4.78 is 21.6. The van der Waals surface area contributed by atoms with Gasteiger partial charge in [-0.1, -0.05) is 12.1 Å². The summed E-state index contributed by atoms with van der Waals surface area (Å²) in [6.07, 6.45) is 3.78. The van der Waals surface area contributed by atoms with Crippen LogP contribution in [0.4, 0.5) is 0 Å². The average molecular weight is 491 g/mol. The van der Waals surface area contributed by atoms with Gasteiger partial charge in [0.25, 0.3) is 11.8 Å². The molecule has 0 saturated carbocycles. The molecule has 8 heteroatoms. The number of furan rings is 1. The molecule has 1 aromatic heterocycles. The normalized spacial score (nSPS) is 16.0. The maximum Gasteiger partial charge on any atom is 0.289 e. The number of likely N-dealkylation sites (N-methyl/N-ethyl adjacent to an activating group) is 1. The number of methoxy groups -OCH3 is 1. The molecule has 0 bridgehead atoms. The van der Waals surface area contributed by atoms with Crippen molar-refractivity contribution in [1.29, 1.82) is 0 Å². The predicted octanol–water partition coefficient (Wildman–Crippen LogP) is 4.25. The first-order valence-corrected chi connectivity index (χ1v) is 12.2. The van der Waals surface area contributed by atoms with Crippen LogP contribution in [0.3, 0.4) is 0 Å². The highest BCUT2D eigenvalue weighted by atomic mass is 16.7. The van der Waals surface area contributed by atoms with Crippen LogP contribution in [0, 0.1) is 5.92 Å². The molecule has 1 fully saturated rings. The molecule has 36 heavy (non-hydrogen) atoms. The zero-order valence-corrected chi connectivity index (χ0v) is 20.5. The quantitative estimate of drug-likeness (QED) is 0.493. The van der Waals surface area contributed by atoms with Crippen LogP contribution in [0.5, 0.6) is 17.2 Å². The lowest BCUT2D eigenvalue weighted by molar-refractivity contribution is 0.0504. The van der Waals surface area contributed by atoms with Gasteiger partial charge in [-0.15, -0.1) is 0 Å². The molecule has 2 amide bonds. The fourth-order valence-electron chi connectivity index (χ4n) is 5.08. The molecule has 1 atom stereocenters. The van der Waals surface area contributed by atoms with Crippen molar-refractivity contribution in [1.82, 2.24) is 9.80 Å². The first-order chi connectivity index (χ1) is 17.5. The number of benzene rings is 2. The number of carbonyl (C=O) groups excluding carboxylic acids is 2. The first-order valence-electron chi connectivity index (χ1n) is 12.2. The minimum absolute atomic E-state index is 0.0175. The van der Waals surface area contributed by atoms with Gasteiger partial charge in [0.2, 0.25) is 6.79 Å². The Morgan fingerprint density at radius 3 is 2.61 bits per heavy atom. The Morgan fingerprint density at radius 2 is 1.86 bits per heavy atom. The molecule has 1 saturated heterocycles. The number of fused-ring (bicyclic) bond motifs is 1. The third-order valence-electron chi connectivity index (χ3n) is 7.12. The van der Waals surface area contributed by atoms with Crippen molar-refractivity contribution in [3.8, 4) is 17.2 Å². The third-order valence-corrected chi connectivity index (χ3v) is 7.12. The molecule has 2 aromatic carbocycles. The van der Waals surface area contributed by atoms with Gasteiger partial charge in [-0.05, 0) is 73.2 Å². The van der Waals surface area contributed by atoms with Crippen molar-refractivity contribution < 1.29 is 28.2 Å². The first kappa shape index (κ1) is 23.8. The van der Waals surface area contributed by atoms with Crippen molar-refractivity contribution in [3.05, 3.63) is 77.7 Å². The van der Waals surface area contributed by atoms with E-state index in [1.165, 1.54) is 6.26 Å². The van der Waals surface area contributed by atoms with Gasteiger partial charge in [-0.2, -0.15) is 0 Å². The molecule has 0 N–H and O–H groups in total. The summed E-state index contributed by atoms with van der Waals surface area (Å²) >= 11 is 0. The van der Waals surface area contributed by atoms with Gasteiger partial charge >= 0.3 is 0 Å². The van der Waals surface area contributed by atoms with E-state index in [4.69, 9.17) is 18.6 Å². The van der Waals surface area contributed by atoms with Gasteiger partial charge in [0.05, 0.1) is 13.4 Å². The second kappa shape index (κ2) is 10.4. The van der Waals surface area contributed by atoms with E-state index in [0.29, 0.717) is 42.3 Å². The van der Waals surface area contributed by atoms with E-state index in [0.717, 1.165) is 24.2 Å². The lowest BCUT2D eigenvalue weighted by atomic mass is 9.84. The summed E-state index contributed by atoms with van der Waals surface area (Å²) in [4.78, 5) is 30.0. The van der Waals surface area contributed by atoms with E-state index in [9.17, 15) is 9.59 Å². The summed E-state index contributed by atoms with van der Waals surface area (Å²) in [7, 11) is 3.48. The Kier molecular flexibility index (Phi) is 6.84. The number of carbonyl (C=O) groups is 2. The number of likely N-dealkylation sites (tertiary alicyclic amines) is 1. The largest absolute Gasteiger partial charge is 0.497 e. The summed E-state index contributed by atoms with van der Waals surface area (Å²) in [6, 6.07) is 16.6. The zero-order valence-electron chi connectivity index (χ0n) is 20.5. The maximum atomic E-state index is 13.2. The number of piperidine rings is 1. The molecule has 0 aliphatic carbocycles. The maximum absolute atomic E-state index is 13.2. The highest BCUT2D eigenvalue weighted by molar-refractivity contribution is 5.95. The van der Waals surface area contributed by atoms with E-state index >= 15 is 0 Å². The van der Waals surface area contributed by atoms with Crippen LogP contribution < -0.4 is 14.2 Å². The second-order valence-corrected chi connectivity index (χ2v) is 9.21. The molecule has 2 aliphatic rings. The summed E-state index contributed by atoms with van der Waals surface area (Å²) in [6.45, 7) is 1.42. The summed E-state index contributed by atoms with van der Waals surface area (Å²) in [5.74, 6) is 2.44. The molecule has 3 aromatic rings. The molecule has 2 aliphatic heterocycles. The minimum Gasteiger partial charge on any atom is -0.497 e. The molecular formula is C28H30N2O6. The lowest BCUT2D eigenvalue weighted by Gasteiger charge is -2.40. The van der Waals surface area contributed by atoms with Crippen LogP contribution in [0.15, 0.2) is 65.3 Å². The van der Waals surface area contributed by atoms with Crippen LogP contribution in [-0.4, -0.2) is 61.7 Å². The van der Waals surface area contributed by atoms with Crippen LogP contribution >= 0.6 is 0 Å². The lowest BCUT2D eigenvalue weighted by Crippen LogP contribution is -2.48. The Labute approximate surface area is 210 Å². The number of ether oxygens (including phenoxy) is 3. The molecule has 188 valence electrons. The van der Waals surface area contributed by atoms with Gasteiger partial charge in [-0.3, -0.25) is 9.59 Å². The second-order valence-electron chi connectivity index (χ2n) is 9.21. The minimum atomic E-state index is -0.147. The van der Waals surface area contributed by atoms with Crippen molar-refractivity contribution in [2.24, 2.45) is 5.92 Å². The SMILES string of the molecule is COc1cccc(C[C@@H](C2CCN(C(=O)c3ccc4c(c3)OCO4)CC2)N(C)C(=O)c2ccco2)c1. The van der Waals surface area contributed by atoms with Crippen LogP contribution in [-0.2, 0) is 6.42 Å². The van der Waals surface area contributed by atoms with Crippen molar-refractivity contribution in [3.63, 3.8) is 0 Å². The van der Waals surface area contributed by atoms with Gasteiger partial charge in [-0.25, -0.2) is 0 Å². The standard InChI is InChI=1S/C28H30N2O6/c1-29(28(32)25-7-4-14-34-25)23(16-19-5-3-6-22(15-19)33-2)20-10-12-30(13-11-20)27(31)21-8-9-24-26(17-21)36-18-35-24/h3-9,14-15,17,20,23H,10-13,16,18H2,1-2H3/t23-/m0/s1.